The Morgan fingerprint density at radius 1 is 1.26 bits per heavy atom. The second kappa shape index (κ2) is 6.90. The fourth-order valence-corrected chi connectivity index (χ4v) is 5.78. The predicted molar refractivity (Wildman–Crippen MR) is 105 cm³/mol. The monoisotopic (exact) mass is 403 g/mol. The highest BCUT2D eigenvalue weighted by Crippen LogP contribution is 2.25. The van der Waals surface area contributed by atoms with E-state index in [1.54, 1.807) is 35.7 Å². The number of rotatable bonds is 4. The van der Waals surface area contributed by atoms with Crippen molar-refractivity contribution in [1.82, 2.24) is 9.55 Å². The van der Waals surface area contributed by atoms with Gasteiger partial charge in [-0.1, -0.05) is 18.2 Å². The van der Waals surface area contributed by atoms with E-state index in [1.165, 1.54) is 27.1 Å². The summed E-state index contributed by atoms with van der Waals surface area (Å²) in [6, 6.07) is 10.2. The summed E-state index contributed by atoms with van der Waals surface area (Å²) < 4.78 is 25.1. The largest absolute Gasteiger partial charge is 0.307 e. The van der Waals surface area contributed by atoms with Gasteiger partial charge in [-0.25, -0.2) is 13.4 Å². The maximum Gasteiger partial charge on any atom is 0.262 e. The summed E-state index contributed by atoms with van der Waals surface area (Å²) in [5, 5.41) is 2.26. The zero-order valence-corrected chi connectivity index (χ0v) is 15.9. The van der Waals surface area contributed by atoms with Gasteiger partial charge in [-0.05, 0) is 30.0 Å². The lowest BCUT2D eigenvalue weighted by molar-refractivity contribution is -0.119. The Morgan fingerprint density at radius 3 is 2.74 bits per heavy atom. The summed E-state index contributed by atoms with van der Waals surface area (Å²) >= 11 is 1.37. The number of thiophene rings is 1. The number of para-hydroxylation sites is 1. The van der Waals surface area contributed by atoms with Crippen LogP contribution in [0.4, 0.5) is 5.69 Å². The molecule has 0 spiro atoms. The van der Waals surface area contributed by atoms with E-state index in [1.807, 2.05) is 6.07 Å². The first-order valence-electron chi connectivity index (χ1n) is 8.45. The number of carbonyl (C=O) groups excluding carboxylic acids is 1. The minimum Gasteiger partial charge on any atom is -0.307 e. The van der Waals surface area contributed by atoms with Gasteiger partial charge in [0.2, 0.25) is 5.91 Å². The number of aromatic nitrogens is 2. The van der Waals surface area contributed by atoms with E-state index in [4.69, 9.17) is 0 Å². The zero-order valence-electron chi connectivity index (χ0n) is 14.3. The van der Waals surface area contributed by atoms with Gasteiger partial charge in [0, 0.05) is 5.69 Å². The Kier molecular flexibility index (Phi) is 4.56. The van der Waals surface area contributed by atoms with Crippen LogP contribution in [0, 0.1) is 0 Å². The molecule has 0 saturated carbocycles. The Bertz CT molecular complexity index is 1150. The van der Waals surface area contributed by atoms with Crippen LogP contribution in [0.25, 0.3) is 10.2 Å². The lowest BCUT2D eigenvalue weighted by Crippen LogP contribution is -2.44. The van der Waals surface area contributed by atoms with Crippen LogP contribution in [0.5, 0.6) is 0 Å². The van der Waals surface area contributed by atoms with Crippen molar-refractivity contribution in [2.75, 3.05) is 16.4 Å². The fourth-order valence-electron chi connectivity index (χ4n) is 3.35. The number of carbonyl (C=O) groups is 1. The molecule has 1 saturated heterocycles. The van der Waals surface area contributed by atoms with Gasteiger partial charge in [0.05, 0.1) is 29.3 Å². The molecule has 9 heteroatoms. The lowest BCUT2D eigenvalue weighted by Gasteiger charge is -2.28. The van der Waals surface area contributed by atoms with Gasteiger partial charge in [-0.15, -0.1) is 11.3 Å². The summed E-state index contributed by atoms with van der Waals surface area (Å²) in [7, 11) is -3.16. The summed E-state index contributed by atoms with van der Waals surface area (Å²) in [6.07, 6.45) is 1.76. The minimum absolute atomic E-state index is 0.0651. The van der Waals surface area contributed by atoms with Crippen molar-refractivity contribution in [2.45, 2.75) is 19.0 Å². The van der Waals surface area contributed by atoms with E-state index in [-0.39, 0.29) is 29.5 Å². The molecule has 27 heavy (non-hydrogen) atoms. The number of amides is 1. The molecule has 0 aliphatic carbocycles. The first kappa shape index (κ1) is 17.9. The molecule has 140 valence electrons. The topological polar surface area (TPSA) is 89.3 Å². The number of nitrogens with zero attached hydrogens (tertiary/aromatic N) is 3. The van der Waals surface area contributed by atoms with E-state index in [0.29, 0.717) is 22.3 Å². The number of sulfone groups is 1. The summed E-state index contributed by atoms with van der Waals surface area (Å²) in [4.78, 5) is 32.0. The summed E-state index contributed by atoms with van der Waals surface area (Å²) in [6.45, 7) is -0.191. The maximum absolute atomic E-state index is 13.1. The SMILES string of the molecule is O=C(Cn1cnc2sccc2c1=O)N(c1ccccc1)C1CCS(=O)(=O)C1. The van der Waals surface area contributed by atoms with E-state index < -0.39 is 15.9 Å². The second-order valence-electron chi connectivity index (χ2n) is 6.47. The van der Waals surface area contributed by atoms with Crippen molar-refractivity contribution in [1.29, 1.82) is 0 Å². The van der Waals surface area contributed by atoms with Gasteiger partial charge in [-0.3, -0.25) is 14.2 Å². The van der Waals surface area contributed by atoms with Gasteiger partial charge in [0.15, 0.2) is 9.84 Å². The lowest BCUT2D eigenvalue weighted by atomic mass is 10.1. The summed E-state index contributed by atoms with van der Waals surface area (Å²) in [5.74, 6) is -0.331. The van der Waals surface area contributed by atoms with Crippen LogP contribution in [-0.2, 0) is 21.2 Å². The van der Waals surface area contributed by atoms with Crippen LogP contribution in [0.2, 0.25) is 0 Å². The number of fused-ring (bicyclic) bond motifs is 1. The van der Waals surface area contributed by atoms with Gasteiger partial charge >= 0.3 is 0 Å². The number of anilines is 1. The van der Waals surface area contributed by atoms with E-state index in [2.05, 4.69) is 4.98 Å². The zero-order chi connectivity index (χ0) is 19.0. The van der Waals surface area contributed by atoms with Crippen LogP contribution in [0.3, 0.4) is 0 Å². The molecule has 3 aromatic rings. The number of benzene rings is 1. The van der Waals surface area contributed by atoms with Crippen molar-refractivity contribution in [3.8, 4) is 0 Å². The Hall–Kier alpha value is -2.52. The molecule has 1 amide bonds. The van der Waals surface area contributed by atoms with Crippen LogP contribution < -0.4 is 10.5 Å². The van der Waals surface area contributed by atoms with Gasteiger partial charge < -0.3 is 4.90 Å². The maximum atomic E-state index is 13.1. The van der Waals surface area contributed by atoms with Crippen LogP contribution >= 0.6 is 11.3 Å². The average Bonchev–Trinajstić information content (AvgIpc) is 3.25. The fraction of sp³-hybridized carbons (Fsp3) is 0.278. The van der Waals surface area contributed by atoms with Crippen molar-refractivity contribution < 1.29 is 13.2 Å². The number of hydrogen-bond donors (Lipinski definition) is 0. The molecule has 1 fully saturated rings. The van der Waals surface area contributed by atoms with E-state index in [9.17, 15) is 18.0 Å². The third-order valence-electron chi connectivity index (χ3n) is 4.63. The quantitative estimate of drug-likeness (QED) is 0.661. The molecule has 2 aromatic heterocycles. The van der Waals surface area contributed by atoms with E-state index in [0.717, 1.165) is 0 Å². The third-order valence-corrected chi connectivity index (χ3v) is 7.20. The van der Waals surface area contributed by atoms with E-state index >= 15 is 0 Å². The highest BCUT2D eigenvalue weighted by Gasteiger charge is 2.35. The Morgan fingerprint density at radius 2 is 2.04 bits per heavy atom. The first-order chi connectivity index (χ1) is 12.9. The molecule has 7 nitrogen and oxygen atoms in total. The molecular weight excluding hydrogens is 386 g/mol. The molecule has 3 heterocycles. The van der Waals surface area contributed by atoms with Crippen molar-refractivity contribution >= 4 is 43.0 Å². The molecule has 1 unspecified atom stereocenters. The van der Waals surface area contributed by atoms with Crippen molar-refractivity contribution in [3.05, 3.63) is 58.5 Å². The third kappa shape index (κ3) is 3.52. The molecule has 1 aliphatic rings. The standard InChI is InChI=1S/C18H17N3O4S2/c22-16(10-20-12-19-17-15(18(20)23)6-8-26-17)21(13-4-2-1-3-5-13)14-7-9-27(24,25)11-14/h1-6,8,12,14H,7,9-11H2. The van der Waals surface area contributed by atoms with Crippen molar-refractivity contribution in [3.63, 3.8) is 0 Å². The number of hydrogen-bond acceptors (Lipinski definition) is 6. The molecular formula is C18H17N3O4S2. The Labute approximate surface area is 159 Å². The molecule has 0 radical (unpaired) electrons. The van der Waals surface area contributed by atoms with Gasteiger partial charge in [0.1, 0.15) is 11.4 Å². The second-order valence-corrected chi connectivity index (χ2v) is 9.60. The molecule has 0 N–H and O–H groups in total. The predicted octanol–water partition coefficient (Wildman–Crippen LogP) is 1.68. The molecule has 0 bridgehead atoms. The highest BCUT2D eigenvalue weighted by molar-refractivity contribution is 7.91. The van der Waals surface area contributed by atoms with Gasteiger partial charge in [0.25, 0.3) is 5.56 Å². The smallest absolute Gasteiger partial charge is 0.262 e. The molecule has 1 atom stereocenters. The molecule has 4 rings (SSSR count). The highest BCUT2D eigenvalue weighted by atomic mass is 32.2. The van der Waals surface area contributed by atoms with Crippen molar-refractivity contribution in [2.24, 2.45) is 0 Å². The van der Waals surface area contributed by atoms with Gasteiger partial charge in [-0.2, -0.15) is 0 Å². The van der Waals surface area contributed by atoms with Crippen LogP contribution in [0.15, 0.2) is 52.9 Å². The minimum atomic E-state index is -3.16. The van der Waals surface area contributed by atoms with Crippen LogP contribution in [0.1, 0.15) is 6.42 Å². The molecule has 1 aromatic carbocycles. The first-order valence-corrected chi connectivity index (χ1v) is 11.1. The average molecular weight is 403 g/mol. The molecule has 1 aliphatic heterocycles. The van der Waals surface area contributed by atoms with Crippen LogP contribution in [-0.4, -0.2) is 41.4 Å². The summed E-state index contributed by atoms with van der Waals surface area (Å²) in [5.41, 5.74) is 0.351. The Balaban J connectivity index is 1.68. The normalized spacial score (nSPS) is 18.6.